The molecule has 2 aromatic rings. The van der Waals surface area contributed by atoms with Crippen LogP contribution in [0.25, 0.3) is 6.08 Å². The highest BCUT2D eigenvalue weighted by Gasteiger charge is 2.17. The van der Waals surface area contributed by atoms with E-state index in [0.29, 0.717) is 10.6 Å². The van der Waals surface area contributed by atoms with Crippen LogP contribution in [-0.4, -0.2) is 19.0 Å². The first-order chi connectivity index (χ1) is 10.0. The van der Waals surface area contributed by atoms with Crippen LogP contribution in [-0.2, 0) is 9.53 Å². The summed E-state index contributed by atoms with van der Waals surface area (Å²) >= 11 is 2.83. The number of anilines is 1. The smallest absolute Gasteiger partial charge is 0.350 e. The first-order valence-electron chi connectivity index (χ1n) is 6.22. The van der Waals surface area contributed by atoms with Crippen LogP contribution < -0.4 is 5.32 Å². The summed E-state index contributed by atoms with van der Waals surface area (Å²) in [4.78, 5) is 25.1. The van der Waals surface area contributed by atoms with Crippen molar-refractivity contribution in [3.05, 3.63) is 43.8 Å². The Morgan fingerprint density at radius 3 is 2.62 bits per heavy atom. The highest BCUT2D eigenvalue weighted by molar-refractivity contribution is 7.12. The van der Waals surface area contributed by atoms with E-state index in [0.717, 1.165) is 16.0 Å². The zero-order valence-corrected chi connectivity index (χ0v) is 13.6. The van der Waals surface area contributed by atoms with Crippen LogP contribution in [0.3, 0.4) is 0 Å². The molecule has 110 valence electrons. The molecule has 0 atom stereocenters. The fourth-order valence-corrected chi connectivity index (χ4v) is 3.46. The normalized spacial score (nSPS) is 10.8. The second kappa shape index (κ2) is 6.69. The van der Waals surface area contributed by atoms with E-state index in [1.165, 1.54) is 24.5 Å². The number of carbonyl (C=O) groups is 2. The van der Waals surface area contributed by atoms with E-state index in [1.807, 2.05) is 30.7 Å². The molecule has 0 spiro atoms. The highest BCUT2D eigenvalue weighted by Crippen LogP contribution is 2.28. The zero-order valence-electron chi connectivity index (χ0n) is 11.9. The van der Waals surface area contributed by atoms with Gasteiger partial charge in [-0.3, -0.25) is 4.79 Å². The van der Waals surface area contributed by atoms with E-state index >= 15 is 0 Å². The third-order valence-corrected chi connectivity index (χ3v) is 4.94. The summed E-state index contributed by atoms with van der Waals surface area (Å²) < 4.78 is 4.71. The third kappa shape index (κ3) is 3.59. The molecule has 6 heteroatoms. The van der Waals surface area contributed by atoms with Crippen molar-refractivity contribution in [1.29, 1.82) is 0 Å². The van der Waals surface area contributed by atoms with Crippen LogP contribution in [0.2, 0.25) is 0 Å². The van der Waals surface area contributed by atoms with Gasteiger partial charge in [0.25, 0.3) is 0 Å². The molecular weight excluding hydrogens is 306 g/mol. The number of nitrogens with one attached hydrogen (secondary N) is 1. The molecule has 1 amide bonds. The summed E-state index contributed by atoms with van der Waals surface area (Å²) in [7, 11) is 1.32. The number of esters is 1. The van der Waals surface area contributed by atoms with Crippen molar-refractivity contribution in [3.8, 4) is 0 Å². The Balaban J connectivity index is 2.13. The molecule has 0 saturated carbocycles. The van der Waals surface area contributed by atoms with Gasteiger partial charge < -0.3 is 10.1 Å². The van der Waals surface area contributed by atoms with Gasteiger partial charge >= 0.3 is 5.97 Å². The zero-order chi connectivity index (χ0) is 15.4. The number of thiophene rings is 2. The Labute approximate surface area is 131 Å². The Hall–Kier alpha value is -1.92. The lowest BCUT2D eigenvalue weighted by molar-refractivity contribution is -0.111. The Bertz CT molecular complexity index is 698. The van der Waals surface area contributed by atoms with Gasteiger partial charge in [-0.15, -0.1) is 22.7 Å². The second-order valence-corrected chi connectivity index (χ2v) is 6.23. The monoisotopic (exact) mass is 321 g/mol. The van der Waals surface area contributed by atoms with Crippen molar-refractivity contribution in [3.63, 3.8) is 0 Å². The van der Waals surface area contributed by atoms with E-state index in [9.17, 15) is 9.59 Å². The number of hydrogen-bond donors (Lipinski definition) is 1. The minimum Gasteiger partial charge on any atom is -0.465 e. The highest BCUT2D eigenvalue weighted by atomic mass is 32.1. The standard InChI is InChI=1S/C15H15NO3S2/c1-9-6-7-20-11(9)4-5-12(17)16-13-10(2)8-21-14(13)15(18)19-3/h4-8H,1-3H3,(H,16,17)/b5-4+. The van der Waals surface area contributed by atoms with Crippen molar-refractivity contribution >= 4 is 46.3 Å². The van der Waals surface area contributed by atoms with Gasteiger partial charge in [-0.25, -0.2) is 4.79 Å². The SMILES string of the molecule is COC(=O)c1scc(C)c1NC(=O)/C=C/c1sccc1C. The van der Waals surface area contributed by atoms with E-state index in [1.54, 1.807) is 17.4 Å². The molecule has 2 heterocycles. The molecular formula is C15H15NO3S2. The average Bonchev–Trinajstić information content (AvgIpc) is 3.03. The van der Waals surface area contributed by atoms with Gasteiger partial charge in [0, 0.05) is 11.0 Å². The molecule has 21 heavy (non-hydrogen) atoms. The van der Waals surface area contributed by atoms with Crippen LogP contribution in [0, 0.1) is 13.8 Å². The van der Waals surface area contributed by atoms with Gasteiger partial charge in [0.2, 0.25) is 5.91 Å². The van der Waals surface area contributed by atoms with E-state index in [-0.39, 0.29) is 5.91 Å². The van der Waals surface area contributed by atoms with E-state index in [4.69, 9.17) is 4.74 Å². The van der Waals surface area contributed by atoms with Crippen molar-refractivity contribution in [2.24, 2.45) is 0 Å². The summed E-state index contributed by atoms with van der Waals surface area (Å²) in [5.41, 5.74) is 2.49. The molecule has 4 nitrogen and oxygen atoms in total. The fraction of sp³-hybridized carbons (Fsp3) is 0.200. The number of ether oxygens (including phenoxy) is 1. The van der Waals surface area contributed by atoms with Crippen LogP contribution in [0.5, 0.6) is 0 Å². The molecule has 2 rings (SSSR count). The third-order valence-electron chi connectivity index (χ3n) is 2.88. The lowest BCUT2D eigenvalue weighted by atomic mass is 10.2. The van der Waals surface area contributed by atoms with Gasteiger partial charge in [-0.05, 0) is 47.9 Å². The number of carbonyl (C=O) groups excluding carboxylic acids is 2. The molecule has 0 fully saturated rings. The Kier molecular flexibility index (Phi) is 4.93. The lowest BCUT2D eigenvalue weighted by Gasteiger charge is -2.04. The molecule has 0 aliphatic rings. The number of aryl methyl sites for hydroxylation is 2. The van der Waals surface area contributed by atoms with Crippen molar-refractivity contribution in [2.45, 2.75) is 13.8 Å². The van der Waals surface area contributed by atoms with Gasteiger partial charge in [0.1, 0.15) is 4.88 Å². The predicted molar refractivity (Wildman–Crippen MR) is 87.1 cm³/mol. The molecule has 0 aliphatic heterocycles. The molecule has 0 bridgehead atoms. The van der Waals surface area contributed by atoms with Crippen LogP contribution in [0.1, 0.15) is 25.7 Å². The maximum atomic E-state index is 12.0. The van der Waals surface area contributed by atoms with E-state index < -0.39 is 5.97 Å². The quantitative estimate of drug-likeness (QED) is 0.687. The molecule has 2 aromatic heterocycles. The second-order valence-electron chi connectivity index (χ2n) is 4.40. The summed E-state index contributed by atoms with van der Waals surface area (Å²) in [5, 5.41) is 6.54. The number of amides is 1. The maximum Gasteiger partial charge on any atom is 0.350 e. The number of hydrogen-bond acceptors (Lipinski definition) is 5. The summed E-state index contributed by atoms with van der Waals surface area (Å²) in [6.07, 6.45) is 3.24. The van der Waals surface area contributed by atoms with Crippen LogP contribution in [0.15, 0.2) is 22.9 Å². The maximum absolute atomic E-state index is 12.0. The summed E-state index contributed by atoms with van der Waals surface area (Å²) in [6, 6.07) is 2.00. The largest absolute Gasteiger partial charge is 0.465 e. The minimum absolute atomic E-state index is 0.269. The molecule has 1 N–H and O–H groups in total. The Morgan fingerprint density at radius 2 is 2.00 bits per heavy atom. The van der Waals surface area contributed by atoms with Crippen molar-refractivity contribution < 1.29 is 14.3 Å². The molecule has 0 aromatic carbocycles. The van der Waals surface area contributed by atoms with Crippen molar-refractivity contribution in [2.75, 3.05) is 12.4 Å². The Morgan fingerprint density at radius 1 is 1.24 bits per heavy atom. The average molecular weight is 321 g/mol. The van der Waals surface area contributed by atoms with Crippen LogP contribution in [0.4, 0.5) is 5.69 Å². The van der Waals surface area contributed by atoms with Crippen LogP contribution >= 0.6 is 22.7 Å². The van der Waals surface area contributed by atoms with Crippen molar-refractivity contribution in [1.82, 2.24) is 0 Å². The fourth-order valence-electron chi connectivity index (χ4n) is 1.71. The van der Waals surface area contributed by atoms with Gasteiger partial charge in [-0.1, -0.05) is 0 Å². The predicted octanol–water partition coefficient (Wildman–Crippen LogP) is 3.86. The first-order valence-corrected chi connectivity index (χ1v) is 7.98. The summed E-state index contributed by atoms with van der Waals surface area (Å²) in [5.74, 6) is -0.712. The topological polar surface area (TPSA) is 55.4 Å². The number of methoxy groups -OCH3 is 1. The molecule has 0 radical (unpaired) electrons. The first kappa shape index (κ1) is 15.5. The summed E-state index contributed by atoms with van der Waals surface area (Å²) in [6.45, 7) is 3.83. The molecule has 0 aliphatic carbocycles. The molecule has 0 unspecified atom stereocenters. The molecule has 0 saturated heterocycles. The van der Waals surface area contributed by atoms with E-state index in [2.05, 4.69) is 5.32 Å². The number of rotatable bonds is 4. The van der Waals surface area contributed by atoms with Gasteiger partial charge in [0.15, 0.2) is 0 Å². The van der Waals surface area contributed by atoms with Gasteiger partial charge in [0.05, 0.1) is 12.8 Å². The lowest BCUT2D eigenvalue weighted by Crippen LogP contribution is -2.11. The minimum atomic E-state index is -0.443. The van der Waals surface area contributed by atoms with Gasteiger partial charge in [-0.2, -0.15) is 0 Å².